The average Bonchev–Trinajstić information content (AvgIpc) is 2.99. The number of nitrogens with one attached hydrogen (secondary N) is 1. The molecule has 0 radical (unpaired) electrons. The molecule has 106 valence electrons. The summed E-state index contributed by atoms with van der Waals surface area (Å²) in [5.74, 6) is -0.870. The third kappa shape index (κ3) is 5.27. The molecule has 4 nitrogen and oxygen atoms in total. The molecule has 0 heterocycles. The highest BCUT2D eigenvalue weighted by Gasteiger charge is 2.37. The van der Waals surface area contributed by atoms with Gasteiger partial charge in [-0.2, -0.15) is 0 Å². The Morgan fingerprint density at radius 2 is 2.17 bits per heavy atom. The molecule has 2 N–H and O–H groups in total. The van der Waals surface area contributed by atoms with Gasteiger partial charge in [-0.1, -0.05) is 0 Å². The van der Waals surface area contributed by atoms with Crippen LogP contribution in [0.4, 0.5) is 8.78 Å². The largest absolute Gasteiger partial charge is 0.480 e. The van der Waals surface area contributed by atoms with Crippen molar-refractivity contribution in [3.8, 4) is 0 Å². The topological polar surface area (TPSA) is 52.6 Å². The highest BCUT2D eigenvalue weighted by molar-refractivity contribution is 5.78. The number of hydrogen-bond acceptors (Lipinski definition) is 3. The Labute approximate surface area is 106 Å². The molecule has 1 rings (SSSR count). The number of aliphatic carboxylic acids is 1. The molecule has 1 atom stereocenters. The van der Waals surface area contributed by atoms with Crippen LogP contribution < -0.4 is 5.32 Å². The van der Waals surface area contributed by atoms with Gasteiger partial charge in [-0.05, 0) is 46.2 Å². The second-order valence-electron chi connectivity index (χ2n) is 5.31. The molecule has 1 fully saturated rings. The van der Waals surface area contributed by atoms with E-state index in [9.17, 15) is 18.7 Å². The third-order valence-electron chi connectivity index (χ3n) is 3.24. The van der Waals surface area contributed by atoms with E-state index >= 15 is 0 Å². The minimum Gasteiger partial charge on any atom is -0.480 e. The number of rotatable bonds is 9. The first-order valence-corrected chi connectivity index (χ1v) is 6.31. The van der Waals surface area contributed by atoms with Crippen LogP contribution in [0.1, 0.15) is 32.6 Å². The van der Waals surface area contributed by atoms with Gasteiger partial charge >= 0.3 is 5.97 Å². The summed E-state index contributed by atoms with van der Waals surface area (Å²) in [7, 11) is 1.62. The fourth-order valence-corrected chi connectivity index (χ4v) is 1.95. The Balaban J connectivity index is 2.30. The van der Waals surface area contributed by atoms with Gasteiger partial charge < -0.3 is 10.0 Å². The fourth-order valence-electron chi connectivity index (χ4n) is 1.95. The van der Waals surface area contributed by atoms with Crippen molar-refractivity contribution in [1.82, 2.24) is 10.2 Å². The van der Waals surface area contributed by atoms with E-state index in [1.54, 1.807) is 14.0 Å². The van der Waals surface area contributed by atoms with E-state index in [0.29, 0.717) is 25.4 Å². The standard InChI is InChI=1S/C12H22F2N2O2/c1-12(11(17)18,15-9-4-5-9)6-3-7-16(2)8-10(13)14/h9-10,15H,3-8H2,1-2H3,(H,17,18). The highest BCUT2D eigenvalue weighted by atomic mass is 19.3. The van der Waals surface area contributed by atoms with E-state index < -0.39 is 17.9 Å². The summed E-state index contributed by atoms with van der Waals surface area (Å²) < 4.78 is 24.2. The van der Waals surface area contributed by atoms with Crippen LogP contribution in [0.15, 0.2) is 0 Å². The summed E-state index contributed by atoms with van der Waals surface area (Å²) in [6.45, 7) is 1.89. The van der Waals surface area contributed by atoms with Crippen molar-refractivity contribution < 1.29 is 18.7 Å². The maximum absolute atomic E-state index is 12.1. The van der Waals surface area contributed by atoms with Gasteiger partial charge in [-0.3, -0.25) is 10.1 Å². The molecule has 0 aliphatic heterocycles. The fraction of sp³-hybridized carbons (Fsp3) is 0.917. The molecule has 0 aromatic rings. The van der Waals surface area contributed by atoms with Crippen LogP contribution in [0.2, 0.25) is 0 Å². The first-order chi connectivity index (χ1) is 8.33. The van der Waals surface area contributed by atoms with Gasteiger partial charge in [0.2, 0.25) is 0 Å². The first kappa shape index (κ1) is 15.3. The second-order valence-corrected chi connectivity index (χ2v) is 5.31. The molecule has 6 heteroatoms. The van der Waals surface area contributed by atoms with Gasteiger partial charge in [-0.15, -0.1) is 0 Å². The molecule has 0 aromatic carbocycles. The van der Waals surface area contributed by atoms with E-state index in [-0.39, 0.29) is 6.54 Å². The number of nitrogens with zero attached hydrogens (tertiary/aromatic N) is 1. The molecule has 1 aliphatic rings. The maximum Gasteiger partial charge on any atom is 0.323 e. The third-order valence-corrected chi connectivity index (χ3v) is 3.24. The highest BCUT2D eigenvalue weighted by Crippen LogP contribution is 2.25. The SMILES string of the molecule is CN(CCCC(C)(NC1CC1)C(=O)O)CC(F)F. The Morgan fingerprint density at radius 3 is 2.61 bits per heavy atom. The van der Waals surface area contributed by atoms with Crippen LogP contribution in [0, 0.1) is 0 Å². The summed E-state index contributed by atoms with van der Waals surface area (Å²) >= 11 is 0. The van der Waals surface area contributed by atoms with Crippen molar-refractivity contribution in [2.45, 2.75) is 50.6 Å². The van der Waals surface area contributed by atoms with Gasteiger partial charge in [0.05, 0.1) is 6.54 Å². The molecular formula is C12H22F2N2O2. The normalized spacial score (nSPS) is 19.2. The van der Waals surface area contributed by atoms with Crippen molar-refractivity contribution in [3.63, 3.8) is 0 Å². The summed E-state index contributed by atoms with van der Waals surface area (Å²) in [6.07, 6.45) is 0.742. The Bertz CT molecular complexity index is 285. The van der Waals surface area contributed by atoms with Gasteiger partial charge in [0, 0.05) is 6.04 Å². The zero-order valence-electron chi connectivity index (χ0n) is 11.0. The van der Waals surface area contributed by atoms with Crippen molar-refractivity contribution >= 4 is 5.97 Å². The maximum atomic E-state index is 12.1. The molecule has 1 aliphatic carbocycles. The molecule has 0 saturated heterocycles. The molecule has 1 saturated carbocycles. The van der Waals surface area contributed by atoms with Crippen molar-refractivity contribution in [3.05, 3.63) is 0 Å². The second kappa shape index (κ2) is 6.43. The number of alkyl halides is 2. The lowest BCUT2D eigenvalue weighted by molar-refractivity contribution is -0.144. The van der Waals surface area contributed by atoms with Gasteiger partial charge in [0.25, 0.3) is 6.43 Å². The molecule has 0 aromatic heterocycles. The minimum absolute atomic E-state index is 0.264. The Kier molecular flexibility index (Phi) is 5.47. The van der Waals surface area contributed by atoms with Crippen LogP contribution in [0.25, 0.3) is 0 Å². The zero-order chi connectivity index (χ0) is 13.8. The minimum atomic E-state index is -2.34. The monoisotopic (exact) mass is 264 g/mol. The van der Waals surface area contributed by atoms with Crippen LogP contribution >= 0.6 is 0 Å². The summed E-state index contributed by atoms with van der Waals surface area (Å²) in [5.41, 5.74) is -0.938. The van der Waals surface area contributed by atoms with Crippen molar-refractivity contribution in [2.75, 3.05) is 20.1 Å². The number of carboxylic acids is 1. The molecule has 0 amide bonds. The first-order valence-electron chi connectivity index (χ1n) is 6.31. The van der Waals surface area contributed by atoms with Crippen molar-refractivity contribution in [2.24, 2.45) is 0 Å². The number of halogens is 2. The average molecular weight is 264 g/mol. The van der Waals surface area contributed by atoms with E-state index in [0.717, 1.165) is 12.8 Å². The molecule has 0 spiro atoms. The van der Waals surface area contributed by atoms with Gasteiger partial charge in [0.15, 0.2) is 0 Å². The van der Waals surface area contributed by atoms with Gasteiger partial charge in [-0.25, -0.2) is 8.78 Å². The molecule has 18 heavy (non-hydrogen) atoms. The summed E-state index contributed by atoms with van der Waals surface area (Å²) in [5, 5.41) is 12.3. The zero-order valence-corrected chi connectivity index (χ0v) is 11.0. The Morgan fingerprint density at radius 1 is 1.56 bits per heavy atom. The lowest BCUT2D eigenvalue weighted by Crippen LogP contribution is -2.50. The number of hydrogen-bond donors (Lipinski definition) is 2. The lowest BCUT2D eigenvalue weighted by atomic mass is 9.95. The molecule has 1 unspecified atom stereocenters. The van der Waals surface area contributed by atoms with E-state index in [1.807, 2.05) is 0 Å². The van der Waals surface area contributed by atoms with E-state index in [1.165, 1.54) is 4.90 Å². The summed E-state index contributed by atoms with van der Waals surface area (Å²) in [6, 6.07) is 0.310. The quantitative estimate of drug-likeness (QED) is 0.663. The van der Waals surface area contributed by atoms with Crippen LogP contribution in [0.5, 0.6) is 0 Å². The predicted octanol–water partition coefficient (Wildman–Crippen LogP) is 1.56. The van der Waals surface area contributed by atoms with Crippen LogP contribution in [-0.4, -0.2) is 54.1 Å². The predicted molar refractivity (Wildman–Crippen MR) is 64.9 cm³/mol. The smallest absolute Gasteiger partial charge is 0.323 e. The number of carboxylic acid groups (broad SMARTS) is 1. The number of carbonyl (C=O) groups is 1. The van der Waals surface area contributed by atoms with Gasteiger partial charge in [0.1, 0.15) is 5.54 Å². The van der Waals surface area contributed by atoms with E-state index in [2.05, 4.69) is 5.32 Å². The van der Waals surface area contributed by atoms with Crippen LogP contribution in [0.3, 0.4) is 0 Å². The lowest BCUT2D eigenvalue weighted by Gasteiger charge is -2.27. The van der Waals surface area contributed by atoms with Crippen LogP contribution in [-0.2, 0) is 4.79 Å². The summed E-state index contributed by atoms with van der Waals surface area (Å²) in [4.78, 5) is 12.8. The Hall–Kier alpha value is -0.750. The molecule has 0 bridgehead atoms. The van der Waals surface area contributed by atoms with E-state index in [4.69, 9.17) is 0 Å². The van der Waals surface area contributed by atoms with Crippen molar-refractivity contribution in [1.29, 1.82) is 0 Å². The molecular weight excluding hydrogens is 242 g/mol.